The lowest BCUT2D eigenvalue weighted by Gasteiger charge is -2.27. The predicted octanol–water partition coefficient (Wildman–Crippen LogP) is -0.583. The summed E-state index contributed by atoms with van der Waals surface area (Å²) in [6.07, 6.45) is 0. The van der Waals surface area contributed by atoms with E-state index in [1.807, 2.05) is 21.0 Å². The van der Waals surface area contributed by atoms with Crippen molar-refractivity contribution in [3.8, 4) is 0 Å². The maximum Gasteiger partial charge on any atom is 0.229 e. The number of hydrogen-bond donors (Lipinski definition) is 2. The van der Waals surface area contributed by atoms with Crippen molar-refractivity contribution in [2.24, 2.45) is 11.1 Å². The molecule has 16 heavy (non-hydrogen) atoms. The zero-order valence-electron chi connectivity index (χ0n) is 10.6. The molecule has 1 amide bonds. The van der Waals surface area contributed by atoms with E-state index in [2.05, 4.69) is 17.1 Å². The van der Waals surface area contributed by atoms with Crippen molar-refractivity contribution >= 4 is 5.91 Å². The highest BCUT2D eigenvalue weighted by Crippen LogP contribution is 2.26. The van der Waals surface area contributed by atoms with Crippen LogP contribution in [0.15, 0.2) is 0 Å². The number of ether oxygens (including phenoxy) is 1. The fraction of sp³-hybridized carbons (Fsp3) is 0.909. The van der Waals surface area contributed by atoms with Crippen molar-refractivity contribution in [3.05, 3.63) is 0 Å². The molecule has 0 aromatic rings. The summed E-state index contributed by atoms with van der Waals surface area (Å²) in [5.74, 6) is -0.00815. The Morgan fingerprint density at radius 2 is 2.31 bits per heavy atom. The first-order valence-electron chi connectivity index (χ1n) is 5.66. The molecule has 1 fully saturated rings. The van der Waals surface area contributed by atoms with Crippen LogP contribution >= 0.6 is 0 Å². The van der Waals surface area contributed by atoms with Crippen LogP contribution in [0.4, 0.5) is 0 Å². The molecule has 1 aliphatic rings. The van der Waals surface area contributed by atoms with Crippen LogP contribution in [0.1, 0.15) is 13.8 Å². The van der Waals surface area contributed by atoms with Crippen molar-refractivity contribution in [2.45, 2.75) is 25.9 Å². The molecule has 0 spiro atoms. The summed E-state index contributed by atoms with van der Waals surface area (Å²) < 4.78 is 5.25. The summed E-state index contributed by atoms with van der Waals surface area (Å²) in [5, 5.41) is 2.94. The summed E-state index contributed by atoms with van der Waals surface area (Å²) in [7, 11) is 3.98. The third-order valence-electron chi connectivity index (χ3n) is 3.48. The molecular weight excluding hydrogens is 206 g/mol. The van der Waals surface area contributed by atoms with Crippen LogP contribution in [0, 0.1) is 5.41 Å². The van der Waals surface area contributed by atoms with Gasteiger partial charge >= 0.3 is 0 Å². The lowest BCUT2D eigenvalue weighted by molar-refractivity contribution is -0.130. The number of likely N-dealkylation sites (N-methyl/N-ethyl adjacent to an activating group) is 1. The monoisotopic (exact) mass is 229 g/mol. The van der Waals surface area contributed by atoms with Gasteiger partial charge in [0, 0.05) is 18.6 Å². The SMILES string of the molecule is CC(CNC(=O)C1(C)COCC1N)N(C)C. The smallest absolute Gasteiger partial charge is 0.229 e. The third kappa shape index (κ3) is 2.72. The van der Waals surface area contributed by atoms with Crippen molar-refractivity contribution in [1.29, 1.82) is 0 Å². The van der Waals surface area contributed by atoms with E-state index >= 15 is 0 Å². The van der Waals surface area contributed by atoms with Gasteiger partial charge in [-0.15, -0.1) is 0 Å². The van der Waals surface area contributed by atoms with Gasteiger partial charge in [-0.25, -0.2) is 0 Å². The number of nitrogens with two attached hydrogens (primary N) is 1. The fourth-order valence-electron chi connectivity index (χ4n) is 1.55. The Bertz CT molecular complexity index is 258. The standard InChI is InChI=1S/C11H23N3O2/c1-8(14(3)4)5-13-10(15)11(2)7-16-6-9(11)12/h8-9H,5-7,12H2,1-4H3,(H,13,15). The van der Waals surface area contributed by atoms with Gasteiger partial charge in [0.05, 0.1) is 18.6 Å². The van der Waals surface area contributed by atoms with Gasteiger partial charge < -0.3 is 20.7 Å². The zero-order chi connectivity index (χ0) is 12.3. The maximum atomic E-state index is 12.0. The minimum Gasteiger partial charge on any atom is -0.379 e. The van der Waals surface area contributed by atoms with E-state index in [0.717, 1.165) is 0 Å². The van der Waals surface area contributed by atoms with E-state index in [1.165, 1.54) is 0 Å². The van der Waals surface area contributed by atoms with Crippen LogP contribution in [0.25, 0.3) is 0 Å². The fourth-order valence-corrected chi connectivity index (χ4v) is 1.55. The largest absolute Gasteiger partial charge is 0.379 e. The Morgan fingerprint density at radius 1 is 1.69 bits per heavy atom. The van der Waals surface area contributed by atoms with Crippen LogP contribution < -0.4 is 11.1 Å². The summed E-state index contributed by atoms with van der Waals surface area (Å²) in [5.41, 5.74) is 5.31. The Morgan fingerprint density at radius 3 is 2.75 bits per heavy atom. The van der Waals surface area contributed by atoms with E-state index in [-0.39, 0.29) is 11.9 Å². The number of rotatable bonds is 4. The summed E-state index contributed by atoms with van der Waals surface area (Å²) in [6.45, 7) is 5.44. The Balaban J connectivity index is 2.46. The number of amides is 1. The van der Waals surface area contributed by atoms with Gasteiger partial charge in [-0.1, -0.05) is 0 Å². The predicted molar refractivity (Wildman–Crippen MR) is 63.1 cm³/mol. The molecule has 0 aliphatic carbocycles. The van der Waals surface area contributed by atoms with Gasteiger partial charge in [-0.05, 0) is 27.9 Å². The van der Waals surface area contributed by atoms with Crippen LogP contribution in [0.5, 0.6) is 0 Å². The molecule has 0 aromatic carbocycles. The highest BCUT2D eigenvalue weighted by Gasteiger charge is 2.44. The molecule has 5 nitrogen and oxygen atoms in total. The molecule has 0 aromatic heterocycles. The van der Waals surface area contributed by atoms with Gasteiger partial charge in [-0.3, -0.25) is 4.79 Å². The average molecular weight is 229 g/mol. The van der Waals surface area contributed by atoms with Crippen molar-refractivity contribution in [2.75, 3.05) is 33.9 Å². The van der Waals surface area contributed by atoms with Crippen molar-refractivity contribution in [3.63, 3.8) is 0 Å². The molecule has 0 saturated carbocycles. The topological polar surface area (TPSA) is 67.6 Å². The first kappa shape index (κ1) is 13.4. The van der Waals surface area contributed by atoms with Crippen LogP contribution in [-0.4, -0.2) is 56.7 Å². The van der Waals surface area contributed by atoms with Gasteiger partial charge in [-0.2, -0.15) is 0 Å². The van der Waals surface area contributed by atoms with E-state index < -0.39 is 5.41 Å². The average Bonchev–Trinajstić information content (AvgIpc) is 2.56. The van der Waals surface area contributed by atoms with E-state index in [9.17, 15) is 4.79 Å². The second kappa shape index (κ2) is 5.12. The first-order chi connectivity index (χ1) is 7.38. The molecule has 5 heteroatoms. The van der Waals surface area contributed by atoms with Gasteiger partial charge in [0.25, 0.3) is 0 Å². The van der Waals surface area contributed by atoms with Crippen LogP contribution in [0.3, 0.4) is 0 Å². The second-order valence-corrected chi connectivity index (χ2v) is 5.06. The zero-order valence-corrected chi connectivity index (χ0v) is 10.6. The Kier molecular flexibility index (Phi) is 4.29. The molecule has 3 N–H and O–H groups in total. The van der Waals surface area contributed by atoms with Crippen molar-refractivity contribution in [1.82, 2.24) is 10.2 Å². The molecular formula is C11H23N3O2. The van der Waals surface area contributed by atoms with E-state index in [1.54, 1.807) is 0 Å². The number of hydrogen-bond acceptors (Lipinski definition) is 4. The third-order valence-corrected chi connectivity index (χ3v) is 3.48. The normalized spacial score (nSPS) is 31.8. The lowest BCUT2D eigenvalue weighted by Crippen LogP contribution is -2.52. The first-order valence-corrected chi connectivity index (χ1v) is 5.66. The van der Waals surface area contributed by atoms with Crippen LogP contribution in [0.2, 0.25) is 0 Å². The summed E-state index contributed by atoms with van der Waals surface area (Å²) in [6, 6.07) is 0.105. The van der Waals surface area contributed by atoms with E-state index in [4.69, 9.17) is 10.5 Å². The molecule has 1 saturated heterocycles. The molecule has 0 bridgehead atoms. The van der Waals surface area contributed by atoms with E-state index in [0.29, 0.717) is 25.8 Å². The molecule has 0 radical (unpaired) electrons. The molecule has 1 heterocycles. The number of nitrogens with one attached hydrogen (secondary N) is 1. The molecule has 1 aliphatic heterocycles. The Hall–Kier alpha value is -0.650. The highest BCUT2D eigenvalue weighted by molar-refractivity contribution is 5.83. The van der Waals surface area contributed by atoms with Gasteiger partial charge in [0.1, 0.15) is 0 Å². The maximum absolute atomic E-state index is 12.0. The van der Waals surface area contributed by atoms with Crippen LogP contribution in [-0.2, 0) is 9.53 Å². The quantitative estimate of drug-likeness (QED) is 0.676. The number of carbonyl (C=O) groups is 1. The highest BCUT2D eigenvalue weighted by atomic mass is 16.5. The second-order valence-electron chi connectivity index (χ2n) is 5.06. The Labute approximate surface area is 97.3 Å². The summed E-state index contributed by atoms with van der Waals surface area (Å²) in [4.78, 5) is 14.1. The van der Waals surface area contributed by atoms with Crippen molar-refractivity contribution < 1.29 is 9.53 Å². The number of carbonyl (C=O) groups excluding carboxylic acids is 1. The van der Waals surface area contributed by atoms with Gasteiger partial charge in [0.15, 0.2) is 0 Å². The molecule has 3 atom stereocenters. The minimum absolute atomic E-state index is 0.00815. The number of nitrogens with zero attached hydrogens (tertiary/aromatic N) is 1. The minimum atomic E-state index is -0.577. The molecule has 94 valence electrons. The molecule has 3 unspecified atom stereocenters. The summed E-state index contributed by atoms with van der Waals surface area (Å²) >= 11 is 0. The van der Waals surface area contributed by atoms with Gasteiger partial charge in [0.2, 0.25) is 5.91 Å². The lowest BCUT2D eigenvalue weighted by atomic mass is 9.85. The molecule has 1 rings (SSSR count).